The van der Waals surface area contributed by atoms with E-state index < -0.39 is 0 Å². The number of rotatable bonds is 11. The molecule has 0 unspecified atom stereocenters. The molecule has 0 aliphatic carbocycles. The standard InChI is InChI=1S/C11H23NO4/c1-3-15-10-11(13)12-6-4-5-7-16-9-8-14-2/h3-10H2,1-2H3,(H,12,13). The van der Waals surface area contributed by atoms with E-state index in [0.29, 0.717) is 33.0 Å². The summed E-state index contributed by atoms with van der Waals surface area (Å²) in [5.74, 6) is -0.0536. The van der Waals surface area contributed by atoms with Crippen molar-refractivity contribution in [1.82, 2.24) is 5.32 Å². The predicted molar refractivity (Wildman–Crippen MR) is 61.4 cm³/mol. The first-order valence-corrected chi connectivity index (χ1v) is 5.72. The van der Waals surface area contributed by atoms with Crippen LogP contribution >= 0.6 is 0 Å². The molecule has 0 heterocycles. The second kappa shape index (κ2) is 12.4. The van der Waals surface area contributed by atoms with Crippen molar-refractivity contribution in [2.45, 2.75) is 19.8 Å². The Morgan fingerprint density at radius 1 is 1.12 bits per heavy atom. The summed E-state index contributed by atoms with van der Waals surface area (Å²) in [6.45, 7) is 5.24. The minimum Gasteiger partial charge on any atom is -0.382 e. The third kappa shape index (κ3) is 11.4. The van der Waals surface area contributed by atoms with Gasteiger partial charge in [-0.2, -0.15) is 0 Å². The summed E-state index contributed by atoms with van der Waals surface area (Å²) in [5, 5.41) is 2.78. The highest BCUT2D eigenvalue weighted by Gasteiger charge is 1.98. The van der Waals surface area contributed by atoms with Crippen LogP contribution in [-0.4, -0.2) is 52.6 Å². The molecule has 0 saturated carbocycles. The number of unbranched alkanes of at least 4 members (excludes halogenated alkanes) is 1. The Balaban J connectivity index is 3.05. The van der Waals surface area contributed by atoms with Crippen molar-refractivity contribution in [2.75, 3.05) is 46.7 Å². The van der Waals surface area contributed by atoms with Crippen LogP contribution < -0.4 is 5.32 Å². The Hall–Kier alpha value is -0.650. The number of methoxy groups -OCH3 is 1. The van der Waals surface area contributed by atoms with Crippen LogP contribution in [0.5, 0.6) is 0 Å². The molecule has 16 heavy (non-hydrogen) atoms. The van der Waals surface area contributed by atoms with Gasteiger partial charge in [-0.25, -0.2) is 0 Å². The maximum atomic E-state index is 11.1. The van der Waals surface area contributed by atoms with Gasteiger partial charge < -0.3 is 19.5 Å². The van der Waals surface area contributed by atoms with E-state index in [2.05, 4.69) is 5.32 Å². The smallest absolute Gasteiger partial charge is 0.245 e. The zero-order valence-electron chi connectivity index (χ0n) is 10.3. The summed E-state index contributed by atoms with van der Waals surface area (Å²) in [6.07, 6.45) is 1.86. The average molecular weight is 233 g/mol. The van der Waals surface area contributed by atoms with Gasteiger partial charge in [-0.15, -0.1) is 0 Å². The minimum absolute atomic E-state index is 0.0536. The highest BCUT2D eigenvalue weighted by molar-refractivity contribution is 5.77. The zero-order chi connectivity index (χ0) is 12.1. The van der Waals surface area contributed by atoms with E-state index in [9.17, 15) is 4.79 Å². The Morgan fingerprint density at radius 3 is 2.62 bits per heavy atom. The molecular formula is C11H23NO4. The van der Waals surface area contributed by atoms with Gasteiger partial charge in [-0.05, 0) is 19.8 Å². The first-order chi connectivity index (χ1) is 7.81. The van der Waals surface area contributed by atoms with Crippen LogP contribution in [0.4, 0.5) is 0 Å². The molecule has 1 N–H and O–H groups in total. The molecule has 0 aromatic carbocycles. The van der Waals surface area contributed by atoms with Crippen molar-refractivity contribution in [3.05, 3.63) is 0 Å². The van der Waals surface area contributed by atoms with E-state index in [1.54, 1.807) is 7.11 Å². The van der Waals surface area contributed by atoms with Crippen molar-refractivity contribution in [2.24, 2.45) is 0 Å². The van der Waals surface area contributed by atoms with E-state index >= 15 is 0 Å². The van der Waals surface area contributed by atoms with Crippen molar-refractivity contribution in [3.8, 4) is 0 Å². The summed E-state index contributed by atoms with van der Waals surface area (Å²) in [6, 6.07) is 0. The van der Waals surface area contributed by atoms with E-state index in [1.807, 2.05) is 6.92 Å². The molecule has 0 aliphatic heterocycles. The molecule has 5 nitrogen and oxygen atoms in total. The van der Waals surface area contributed by atoms with Gasteiger partial charge in [0, 0.05) is 26.9 Å². The summed E-state index contributed by atoms with van der Waals surface area (Å²) < 4.78 is 15.1. The van der Waals surface area contributed by atoms with Crippen LogP contribution in [0.2, 0.25) is 0 Å². The lowest BCUT2D eigenvalue weighted by molar-refractivity contribution is -0.125. The predicted octanol–water partition coefficient (Wildman–Crippen LogP) is 0.582. The molecule has 1 amide bonds. The van der Waals surface area contributed by atoms with Gasteiger partial charge in [-0.3, -0.25) is 4.79 Å². The number of nitrogens with one attached hydrogen (secondary N) is 1. The molecule has 0 bridgehead atoms. The molecule has 0 atom stereocenters. The zero-order valence-corrected chi connectivity index (χ0v) is 10.3. The van der Waals surface area contributed by atoms with E-state index in [4.69, 9.17) is 14.2 Å². The Kier molecular flexibility index (Phi) is 11.9. The molecular weight excluding hydrogens is 210 g/mol. The monoisotopic (exact) mass is 233 g/mol. The van der Waals surface area contributed by atoms with Crippen molar-refractivity contribution < 1.29 is 19.0 Å². The molecule has 0 saturated heterocycles. The summed E-state index contributed by atoms with van der Waals surface area (Å²) in [7, 11) is 1.65. The van der Waals surface area contributed by atoms with Gasteiger partial charge in [0.2, 0.25) is 5.91 Å². The van der Waals surface area contributed by atoms with Crippen molar-refractivity contribution in [1.29, 1.82) is 0 Å². The number of carbonyl (C=O) groups is 1. The molecule has 0 fully saturated rings. The van der Waals surface area contributed by atoms with Crippen LogP contribution in [0.3, 0.4) is 0 Å². The highest BCUT2D eigenvalue weighted by Crippen LogP contribution is 1.89. The quantitative estimate of drug-likeness (QED) is 0.530. The second-order valence-electron chi connectivity index (χ2n) is 3.30. The first kappa shape index (κ1) is 15.3. The van der Waals surface area contributed by atoms with Crippen molar-refractivity contribution in [3.63, 3.8) is 0 Å². The number of amides is 1. The first-order valence-electron chi connectivity index (χ1n) is 5.72. The topological polar surface area (TPSA) is 56.8 Å². The molecule has 0 spiro atoms. The van der Waals surface area contributed by atoms with Gasteiger partial charge in [0.05, 0.1) is 13.2 Å². The molecule has 96 valence electrons. The Labute approximate surface area is 97.4 Å². The van der Waals surface area contributed by atoms with Crippen molar-refractivity contribution >= 4 is 5.91 Å². The van der Waals surface area contributed by atoms with Gasteiger partial charge >= 0.3 is 0 Å². The second-order valence-corrected chi connectivity index (χ2v) is 3.30. The number of ether oxygens (including phenoxy) is 3. The highest BCUT2D eigenvalue weighted by atomic mass is 16.5. The fourth-order valence-electron chi connectivity index (χ4n) is 1.05. The third-order valence-electron chi connectivity index (χ3n) is 1.91. The molecule has 0 radical (unpaired) electrons. The fourth-order valence-corrected chi connectivity index (χ4v) is 1.05. The largest absolute Gasteiger partial charge is 0.382 e. The normalized spacial score (nSPS) is 10.4. The number of hydrogen-bond donors (Lipinski definition) is 1. The van der Waals surface area contributed by atoms with Gasteiger partial charge in [-0.1, -0.05) is 0 Å². The molecule has 5 heteroatoms. The summed E-state index contributed by atoms with van der Waals surface area (Å²) >= 11 is 0. The van der Waals surface area contributed by atoms with Crippen LogP contribution in [0.25, 0.3) is 0 Å². The molecule has 0 rings (SSSR count). The van der Waals surface area contributed by atoms with Crippen LogP contribution in [0.15, 0.2) is 0 Å². The van der Waals surface area contributed by atoms with Gasteiger partial charge in [0.25, 0.3) is 0 Å². The van der Waals surface area contributed by atoms with E-state index in [1.165, 1.54) is 0 Å². The lowest BCUT2D eigenvalue weighted by atomic mass is 10.3. The minimum atomic E-state index is -0.0536. The lowest BCUT2D eigenvalue weighted by Crippen LogP contribution is -2.28. The Bertz CT molecular complexity index is 164. The summed E-state index contributed by atoms with van der Waals surface area (Å²) in [5.41, 5.74) is 0. The molecule has 0 aliphatic rings. The maximum absolute atomic E-state index is 11.1. The summed E-state index contributed by atoms with van der Waals surface area (Å²) in [4.78, 5) is 11.1. The Morgan fingerprint density at radius 2 is 1.94 bits per heavy atom. The lowest BCUT2D eigenvalue weighted by Gasteiger charge is -2.05. The van der Waals surface area contributed by atoms with Crippen LogP contribution in [0, 0.1) is 0 Å². The average Bonchev–Trinajstić information content (AvgIpc) is 2.30. The fraction of sp³-hybridized carbons (Fsp3) is 0.909. The van der Waals surface area contributed by atoms with E-state index in [0.717, 1.165) is 12.8 Å². The van der Waals surface area contributed by atoms with Crippen LogP contribution in [-0.2, 0) is 19.0 Å². The maximum Gasteiger partial charge on any atom is 0.245 e. The van der Waals surface area contributed by atoms with E-state index in [-0.39, 0.29) is 12.5 Å². The number of hydrogen-bond acceptors (Lipinski definition) is 4. The molecule has 0 aromatic rings. The van der Waals surface area contributed by atoms with Crippen LogP contribution in [0.1, 0.15) is 19.8 Å². The molecule has 0 aromatic heterocycles. The van der Waals surface area contributed by atoms with Gasteiger partial charge in [0.1, 0.15) is 6.61 Å². The van der Waals surface area contributed by atoms with Gasteiger partial charge in [0.15, 0.2) is 0 Å². The third-order valence-corrected chi connectivity index (χ3v) is 1.91. The SMILES string of the molecule is CCOCC(=O)NCCCCOCCOC. The number of carbonyl (C=O) groups excluding carboxylic acids is 1.